The fourth-order valence-corrected chi connectivity index (χ4v) is 1.71. The molecule has 0 saturated heterocycles. The van der Waals surface area contributed by atoms with E-state index in [1.165, 1.54) is 0 Å². The highest BCUT2D eigenvalue weighted by Gasteiger charge is 2.22. The van der Waals surface area contributed by atoms with Crippen LogP contribution >= 0.6 is 0 Å². The molecule has 3 heteroatoms. The average Bonchev–Trinajstić information content (AvgIpc) is 2.25. The van der Waals surface area contributed by atoms with Gasteiger partial charge in [0.1, 0.15) is 5.82 Å². The van der Waals surface area contributed by atoms with Crippen molar-refractivity contribution in [2.45, 2.75) is 20.8 Å². The molecule has 88 valence electrons. The third-order valence-corrected chi connectivity index (χ3v) is 2.66. The molecule has 1 aromatic heterocycles. The summed E-state index contributed by atoms with van der Waals surface area (Å²) in [7, 11) is 0. The summed E-state index contributed by atoms with van der Waals surface area (Å²) in [4.78, 5) is 16.4. The van der Waals surface area contributed by atoms with E-state index in [2.05, 4.69) is 4.98 Å². The Morgan fingerprint density at radius 2 is 1.82 bits per heavy atom. The van der Waals surface area contributed by atoms with Crippen LogP contribution in [0.15, 0.2) is 30.3 Å². The number of hydrogen-bond donors (Lipinski definition) is 1. The highest BCUT2D eigenvalue weighted by molar-refractivity contribution is 6.02. The molecule has 2 aromatic rings. The summed E-state index contributed by atoms with van der Waals surface area (Å²) in [5, 5.41) is 0.990. The van der Waals surface area contributed by atoms with Crippen LogP contribution in [-0.4, -0.2) is 10.8 Å². The normalized spacial score (nSPS) is 11.7. The molecule has 2 N–H and O–H groups in total. The van der Waals surface area contributed by atoms with Gasteiger partial charge in [0.2, 0.25) is 0 Å². The van der Waals surface area contributed by atoms with Crippen LogP contribution in [0.1, 0.15) is 31.1 Å². The molecule has 1 aromatic carbocycles. The first-order valence-corrected chi connectivity index (χ1v) is 5.59. The van der Waals surface area contributed by atoms with E-state index in [0.29, 0.717) is 11.4 Å². The Morgan fingerprint density at radius 1 is 1.18 bits per heavy atom. The Kier molecular flexibility index (Phi) is 2.62. The van der Waals surface area contributed by atoms with E-state index < -0.39 is 0 Å². The van der Waals surface area contributed by atoms with Crippen LogP contribution in [0.3, 0.4) is 0 Å². The lowest BCUT2D eigenvalue weighted by molar-refractivity contribution is 0.0858. The second-order valence-electron chi connectivity index (χ2n) is 5.22. The summed E-state index contributed by atoms with van der Waals surface area (Å²) in [5.41, 5.74) is 6.71. The maximum Gasteiger partial charge on any atom is 0.168 e. The molecule has 0 fully saturated rings. The van der Waals surface area contributed by atoms with Gasteiger partial charge in [0.25, 0.3) is 0 Å². The predicted molar refractivity (Wildman–Crippen MR) is 69.9 cm³/mol. The highest BCUT2D eigenvalue weighted by atomic mass is 16.1. The van der Waals surface area contributed by atoms with E-state index in [1.54, 1.807) is 12.1 Å². The van der Waals surface area contributed by atoms with Crippen molar-refractivity contribution in [1.82, 2.24) is 4.98 Å². The molecular formula is C14H16N2O. The average molecular weight is 228 g/mol. The number of rotatable bonds is 1. The van der Waals surface area contributed by atoms with Crippen molar-refractivity contribution in [3.8, 4) is 0 Å². The van der Waals surface area contributed by atoms with Crippen molar-refractivity contribution in [2.75, 3.05) is 5.73 Å². The van der Waals surface area contributed by atoms with E-state index in [0.717, 1.165) is 10.9 Å². The number of aromatic nitrogens is 1. The molecule has 17 heavy (non-hydrogen) atoms. The maximum atomic E-state index is 12.1. The Bertz CT molecular complexity index is 582. The van der Waals surface area contributed by atoms with Crippen molar-refractivity contribution in [3.05, 3.63) is 35.9 Å². The second-order valence-corrected chi connectivity index (χ2v) is 5.22. The summed E-state index contributed by atoms with van der Waals surface area (Å²) in [6.07, 6.45) is 0. The minimum atomic E-state index is -0.381. The second kappa shape index (κ2) is 3.84. The molecule has 0 aliphatic carbocycles. The van der Waals surface area contributed by atoms with Crippen LogP contribution in [-0.2, 0) is 0 Å². The molecular weight excluding hydrogens is 212 g/mol. The predicted octanol–water partition coefficient (Wildman–Crippen LogP) is 3.05. The van der Waals surface area contributed by atoms with E-state index >= 15 is 0 Å². The third kappa shape index (κ3) is 2.28. The summed E-state index contributed by atoms with van der Waals surface area (Å²) in [5.74, 6) is 0.585. The molecule has 2 rings (SSSR count). The minimum Gasteiger partial charge on any atom is -0.384 e. The van der Waals surface area contributed by atoms with Gasteiger partial charge in [0, 0.05) is 16.4 Å². The van der Waals surface area contributed by atoms with E-state index in [9.17, 15) is 4.79 Å². The molecule has 1 heterocycles. The van der Waals surface area contributed by atoms with E-state index in [4.69, 9.17) is 5.73 Å². The number of benzene rings is 1. The van der Waals surface area contributed by atoms with Crippen LogP contribution in [0, 0.1) is 5.41 Å². The Labute approximate surface area is 101 Å². The van der Waals surface area contributed by atoms with Gasteiger partial charge in [0.15, 0.2) is 5.78 Å². The van der Waals surface area contributed by atoms with Gasteiger partial charge in [-0.3, -0.25) is 4.79 Å². The molecule has 0 aliphatic heterocycles. The first-order chi connectivity index (χ1) is 7.88. The summed E-state index contributed by atoms with van der Waals surface area (Å²) in [6.45, 7) is 5.73. The number of ketones is 1. The molecule has 0 aliphatic rings. The molecule has 3 nitrogen and oxygen atoms in total. The van der Waals surface area contributed by atoms with Gasteiger partial charge in [-0.25, -0.2) is 4.98 Å². The van der Waals surface area contributed by atoms with Crippen molar-refractivity contribution >= 4 is 22.5 Å². The lowest BCUT2D eigenvalue weighted by atomic mass is 9.86. The first kappa shape index (κ1) is 11.6. The lowest BCUT2D eigenvalue weighted by Gasteiger charge is -2.16. The Hall–Kier alpha value is -1.90. The number of carbonyl (C=O) groups is 1. The fraction of sp³-hybridized carbons (Fsp3) is 0.286. The number of anilines is 1. The molecule has 0 atom stereocenters. The number of pyridine rings is 1. The number of nitrogens with zero attached hydrogens (tertiary/aromatic N) is 1. The maximum absolute atomic E-state index is 12.1. The van der Waals surface area contributed by atoms with Crippen molar-refractivity contribution in [3.63, 3.8) is 0 Å². The molecule has 0 amide bonds. The van der Waals surface area contributed by atoms with Gasteiger partial charge < -0.3 is 5.73 Å². The summed E-state index contributed by atoms with van der Waals surface area (Å²) in [6, 6.07) is 9.21. The van der Waals surface area contributed by atoms with E-state index in [-0.39, 0.29) is 11.2 Å². The topological polar surface area (TPSA) is 56.0 Å². The smallest absolute Gasteiger partial charge is 0.168 e. The third-order valence-electron chi connectivity index (χ3n) is 2.66. The van der Waals surface area contributed by atoms with Gasteiger partial charge in [-0.1, -0.05) is 32.9 Å². The lowest BCUT2D eigenvalue weighted by Crippen LogP contribution is -2.20. The number of carbonyl (C=O) groups excluding carboxylic acids is 1. The number of fused-ring (bicyclic) bond motifs is 1. The molecule has 0 radical (unpaired) electrons. The van der Waals surface area contributed by atoms with E-state index in [1.807, 2.05) is 39.0 Å². The zero-order chi connectivity index (χ0) is 12.6. The van der Waals surface area contributed by atoms with Crippen LogP contribution < -0.4 is 5.73 Å². The summed E-state index contributed by atoms with van der Waals surface area (Å²) >= 11 is 0. The van der Waals surface area contributed by atoms with Crippen LogP contribution in [0.25, 0.3) is 10.9 Å². The van der Waals surface area contributed by atoms with Crippen molar-refractivity contribution < 1.29 is 4.79 Å². The van der Waals surface area contributed by atoms with Crippen molar-refractivity contribution in [1.29, 1.82) is 0 Å². The zero-order valence-electron chi connectivity index (χ0n) is 10.3. The summed E-state index contributed by atoms with van der Waals surface area (Å²) < 4.78 is 0. The zero-order valence-corrected chi connectivity index (χ0v) is 10.3. The SMILES string of the molecule is CC(C)(C)C(=O)c1ccc2ccc(N)nc2c1. The Balaban J connectivity index is 2.54. The number of Topliss-reactive ketones (excluding diaryl/α,β-unsaturated/α-hetero) is 1. The largest absolute Gasteiger partial charge is 0.384 e. The first-order valence-electron chi connectivity index (χ1n) is 5.59. The molecule has 0 bridgehead atoms. The van der Waals surface area contributed by atoms with Gasteiger partial charge in [-0.2, -0.15) is 0 Å². The van der Waals surface area contributed by atoms with Gasteiger partial charge in [-0.05, 0) is 18.2 Å². The van der Waals surface area contributed by atoms with Gasteiger partial charge in [0.05, 0.1) is 5.52 Å². The monoisotopic (exact) mass is 228 g/mol. The van der Waals surface area contributed by atoms with Gasteiger partial charge in [-0.15, -0.1) is 0 Å². The van der Waals surface area contributed by atoms with Crippen LogP contribution in [0.5, 0.6) is 0 Å². The minimum absolute atomic E-state index is 0.114. The molecule has 0 saturated carbocycles. The van der Waals surface area contributed by atoms with Crippen LogP contribution in [0.4, 0.5) is 5.82 Å². The van der Waals surface area contributed by atoms with Crippen molar-refractivity contribution in [2.24, 2.45) is 5.41 Å². The molecule has 0 unspecified atom stereocenters. The quantitative estimate of drug-likeness (QED) is 0.763. The highest BCUT2D eigenvalue weighted by Crippen LogP contribution is 2.23. The fourth-order valence-electron chi connectivity index (χ4n) is 1.71. The number of nitrogens with two attached hydrogens (primary N) is 1. The number of hydrogen-bond acceptors (Lipinski definition) is 3. The number of nitrogen functional groups attached to an aromatic ring is 1. The standard InChI is InChI=1S/C14H16N2O/c1-14(2,3)13(17)10-5-4-9-6-7-12(15)16-11(9)8-10/h4-8H,1-3H3,(H2,15,16). The Morgan fingerprint density at radius 3 is 2.47 bits per heavy atom. The molecule has 0 spiro atoms. The van der Waals surface area contributed by atoms with Gasteiger partial charge >= 0.3 is 0 Å². The van der Waals surface area contributed by atoms with Crippen LogP contribution in [0.2, 0.25) is 0 Å².